The van der Waals surface area contributed by atoms with Gasteiger partial charge in [0.05, 0.1) is 12.2 Å². The Morgan fingerprint density at radius 3 is 2.33 bits per heavy atom. The summed E-state index contributed by atoms with van der Waals surface area (Å²) in [4.78, 5) is 9.76. The van der Waals surface area contributed by atoms with E-state index in [-0.39, 0.29) is 5.54 Å². The average Bonchev–Trinajstić information content (AvgIpc) is 1.92. The van der Waals surface area contributed by atoms with E-state index < -0.39 is 20.5 Å². The van der Waals surface area contributed by atoms with Crippen LogP contribution in [0.3, 0.4) is 0 Å². The Hall–Kier alpha value is -0.163. The number of aliphatic hydroxyl groups excluding tert-OH is 2. The minimum Gasteiger partial charge on any atom is -0.432 e. The molecule has 1 aliphatic rings. The van der Waals surface area contributed by atoms with Gasteiger partial charge in [-0.25, -0.2) is 0 Å². The monoisotopic (exact) mass is 188 g/mol. The van der Waals surface area contributed by atoms with Crippen LogP contribution in [-0.4, -0.2) is 35.5 Å². The molecule has 70 valence electrons. The van der Waals surface area contributed by atoms with Gasteiger partial charge in [-0.3, -0.25) is 0 Å². The number of allylic oxidation sites excluding steroid dienone is 1. The van der Waals surface area contributed by atoms with Crippen molar-refractivity contribution < 1.29 is 15.0 Å². The predicted octanol–water partition coefficient (Wildman–Crippen LogP) is 0.236. The highest BCUT2D eigenvalue weighted by molar-refractivity contribution is 6.71. The molecule has 0 aromatic carbocycles. The molecule has 0 radical (unpaired) electrons. The molecule has 0 heterocycles. The summed E-state index contributed by atoms with van der Waals surface area (Å²) in [6, 6.07) is 0. The second kappa shape index (κ2) is 3.30. The first-order valence-corrected chi connectivity index (χ1v) is 7.20. The molecule has 0 aliphatic heterocycles. The summed E-state index contributed by atoms with van der Waals surface area (Å²) >= 11 is 0. The average molecular weight is 188 g/mol. The summed E-state index contributed by atoms with van der Waals surface area (Å²) in [6.07, 6.45) is 2.49. The molecule has 0 saturated heterocycles. The van der Waals surface area contributed by atoms with E-state index in [0.717, 1.165) is 0 Å². The highest BCUT2D eigenvalue weighted by atomic mass is 28.4. The fourth-order valence-corrected chi connectivity index (χ4v) is 3.31. The molecule has 1 unspecified atom stereocenters. The zero-order valence-electron chi connectivity index (χ0n) is 7.44. The van der Waals surface area contributed by atoms with Crippen LogP contribution in [0, 0.1) is 0 Å². The summed E-state index contributed by atoms with van der Waals surface area (Å²) in [5.74, 6) is 0. The second-order valence-electron chi connectivity index (χ2n) is 3.91. The molecule has 0 aromatic rings. The maximum absolute atomic E-state index is 9.76. The molecule has 3 N–H and O–H groups in total. The van der Waals surface area contributed by atoms with E-state index in [9.17, 15) is 15.0 Å². The summed E-state index contributed by atoms with van der Waals surface area (Å²) in [5.41, 5.74) is -0.141. The van der Waals surface area contributed by atoms with Crippen LogP contribution in [0.1, 0.15) is 6.42 Å². The first-order chi connectivity index (χ1) is 5.43. The lowest BCUT2D eigenvalue weighted by Gasteiger charge is -2.34. The topological polar surface area (TPSA) is 60.7 Å². The lowest BCUT2D eigenvalue weighted by atomic mass is 10.0. The predicted molar refractivity (Wildman–Crippen MR) is 49.2 cm³/mol. The normalized spacial score (nSPS) is 36.9. The third kappa shape index (κ3) is 1.95. The Kier molecular flexibility index (Phi) is 2.73. The minimum atomic E-state index is -2.32. The van der Waals surface area contributed by atoms with Crippen LogP contribution in [0.15, 0.2) is 12.2 Å². The van der Waals surface area contributed by atoms with Gasteiger partial charge in [-0.2, -0.15) is 0 Å². The van der Waals surface area contributed by atoms with Gasteiger partial charge in [0.1, 0.15) is 0 Å². The molecular weight excluding hydrogens is 172 g/mol. The fraction of sp³-hybridized carbons (Fsp3) is 0.750. The molecule has 1 aliphatic carbocycles. The zero-order valence-corrected chi connectivity index (χ0v) is 8.44. The Labute approximate surface area is 73.5 Å². The lowest BCUT2D eigenvalue weighted by molar-refractivity contribution is 0.0347. The van der Waals surface area contributed by atoms with Crippen molar-refractivity contribution >= 4 is 8.32 Å². The Balaban J connectivity index is 2.74. The second-order valence-corrected chi connectivity index (χ2v) is 7.95. The van der Waals surface area contributed by atoms with Crippen molar-refractivity contribution in [3.05, 3.63) is 12.2 Å². The van der Waals surface area contributed by atoms with Crippen LogP contribution < -0.4 is 0 Å². The van der Waals surface area contributed by atoms with Crippen molar-refractivity contribution in [2.75, 3.05) is 0 Å². The molecule has 4 heteroatoms. The van der Waals surface area contributed by atoms with Crippen molar-refractivity contribution in [2.24, 2.45) is 0 Å². The first-order valence-electron chi connectivity index (χ1n) is 4.18. The molecule has 0 saturated carbocycles. The maximum atomic E-state index is 9.76. The quantitative estimate of drug-likeness (QED) is 0.408. The molecule has 12 heavy (non-hydrogen) atoms. The molecule has 0 fully saturated rings. The van der Waals surface area contributed by atoms with Crippen LogP contribution >= 0.6 is 0 Å². The van der Waals surface area contributed by atoms with Gasteiger partial charge in [0.25, 0.3) is 0 Å². The Morgan fingerprint density at radius 2 is 1.92 bits per heavy atom. The minimum absolute atomic E-state index is 0.141. The third-order valence-electron chi connectivity index (χ3n) is 2.39. The summed E-state index contributed by atoms with van der Waals surface area (Å²) in [5, 5.41) is 18.8. The van der Waals surface area contributed by atoms with E-state index in [4.69, 9.17) is 0 Å². The summed E-state index contributed by atoms with van der Waals surface area (Å²) in [6.45, 7) is 3.57. The van der Waals surface area contributed by atoms with Crippen LogP contribution in [0.2, 0.25) is 18.6 Å². The van der Waals surface area contributed by atoms with Gasteiger partial charge < -0.3 is 15.0 Å². The van der Waals surface area contributed by atoms with E-state index >= 15 is 0 Å². The molecule has 3 nitrogen and oxygen atoms in total. The van der Waals surface area contributed by atoms with Crippen molar-refractivity contribution in [2.45, 2.75) is 37.3 Å². The molecule has 0 amide bonds. The van der Waals surface area contributed by atoms with Crippen LogP contribution in [0.25, 0.3) is 0 Å². The van der Waals surface area contributed by atoms with Gasteiger partial charge >= 0.3 is 0 Å². The summed E-state index contributed by atoms with van der Waals surface area (Å²) in [7, 11) is -2.32. The Bertz CT molecular complexity index is 185. The van der Waals surface area contributed by atoms with E-state index in [1.807, 2.05) is 6.08 Å². The van der Waals surface area contributed by atoms with Crippen molar-refractivity contribution in [3.8, 4) is 0 Å². The molecular formula is C8H16O3Si. The van der Waals surface area contributed by atoms with E-state index in [0.29, 0.717) is 6.42 Å². The van der Waals surface area contributed by atoms with Gasteiger partial charge in [-0.1, -0.05) is 12.2 Å². The lowest BCUT2D eigenvalue weighted by Crippen LogP contribution is -2.45. The molecule has 1 rings (SSSR count). The van der Waals surface area contributed by atoms with Crippen molar-refractivity contribution in [3.63, 3.8) is 0 Å². The molecule has 0 aromatic heterocycles. The van der Waals surface area contributed by atoms with Crippen LogP contribution in [0.5, 0.6) is 0 Å². The summed E-state index contributed by atoms with van der Waals surface area (Å²) < 4.78 is 0. The number of hydrogen-bond acceptors (Lipinski definition) is 3. The highest BCUT2D eigenvalue weighted by Gasteiger charge is 2.39. The van der Waals surface area contributed by atoms with Crippen LogP contribution in [-0.2, 0) is 0 Å². The highest BCUT2D eigenvalue weighted by Crippen LogP contribution is 2.32. The van der Waals surface area contributed by atoms with Crippen molar-refractivity contribution in [1.82, 2.24) is 0 Å². The standard InChI is InChI=1S/C8H16O3Si/c1-12(2,11)7-5-3-4-6(9)8(7)10/h3-4,6-11H,5H2,1-2H3/t6-,7?,8-/m0/s1. The van der Waals surface area contributed by atoms with Gasteiger partial charge in [-0.05, 0) is 19.5 Å². The van der Waals surface area contributed by atoms with E-state index in [1.54, 1.807) is 19.2 Å². The molecule has 3 atom stereocenters. The van der Waals surface area contributed by atoms with E-state index in [1.165, 1.54) is 0 Å². The Morgan fingerprint density at radius 1 is 1.33 bits per heavy atom. The largest absolute Gasteiger partial charge is 0.432 e. The van der Waals surface area contributed by atoms with Crippen molar-refractivity contribution in [1.29, 1.82) is 0 Å². The number of rotatable bonds is 1. The smallest absolute Gasteiger partial charge is 0.188 e. The molecule has 0 spiro atoms. The van der Waals surface area contributed by atoms with Gasteiger partial charge in [0, 0.05) is 5.54 Å². The van der Waals surface area contributed by atoms with Gasteiger partial charge in [0.15, 0.2) is 8.32 Å². The van der Waals surface area contributed by atoms with Crippen LogP contribution in [0.4, 0.5) is 0 Å². The zero-order chi connectivity index (χ0) is 9.35. The van der Waals surface area contributed by atoms with Gasteiger partial charge in [0.2, 0.25) is 0 Å². The third-order valence-corrected chi connectivity index (χ3v) is 4.78. The van der Waals surface area contributed by atoms with Gasteiger partial charge in [-0.15, -0.1) is 0 Å². The van der Waals surface area contributed by atoms with E-state index in [2.05, 4.69) is 0 Å². The first kappa shape index (κ1) is 9.92. The SMILES string of the molecule is C[Si](C)(O)C1CC=C[C@H](O)[C@@H]1O. The fourth-order valence-electron chi connectivity index (χ4n) is 1.56. The maximum Gasteiger partial charge on any atom is 0.188 e. The number of hydrogen-bond donors (Lipinski definition) is 3. The number of aliphatic hydroxyl groups is 2. The molecule has 0 bridgehead atoms.